The molecule has 2 atom stereocenters. The third-order valence-electron chi connectivity index (χ3n) is 2.71. The van der Waals surface area contributed by atoms with Gasteiger partial charge < -0.3 is 42.9 Å². The van der Waals surface area contributed by atoms with Gasteiger partial charge in [-0.15, -0.1) is 0 Å². The fourth-order valence-electron chi connectivity index (χ4n) is 1.18. The molecule has 0 saturated carbocycles. The molecule has 0 aromatic rings. The van der Waals surface area contributed by atoms with E-state index in [0.29, 0.717) is 0 Å². The Morgan fingerprint density at radius 2 is 1.38 bits per heavy atom. The van der Waals surface area contributed by atoms with Crippen LogP contribution in [-0.2, 0) is 19.2 Å². The topological polar surface area (TPSA) is 239 Å². The maximum atomic E-state index is 10.1. The van der Waals surface area contributed by atoms with Gasteiger partial charge in [0.05, 0.1) is 13.1 Å². The van der Waals surface area contributed by atoms with Crippen molar-refractivity contribution in [3.05, 3.63) is 0 Å². The summed E-state index contributed by atoms with van der Waals surface area (Å²) in [5, 5.41) is 34.6. The van der Waals surface area contributed by atoms with Gasteiger partial charge in [0.25, 0.3) is 0 Å². The zero-order chi connectivity index (χ0) is 21.3. The molecule has 11 N–H and O–H groups in total. The summed E-state index contributed by atoms with van der Waals surface area (Å²) in [6.45, 7) is 3.86. The molecule has 0 unspecified atom stereocenters. The van der Waals surface area contributed by atoms with Crippen molar-refractivity contribution in [1.29, 1.82) is 0 Å². The summed E-state index contributed by atoms with van der Waals surface area (Å²) in [6.07, 6.45) is 1.78. The molecule has 0 bridgehead atoms. The molecule has 1 fully saturated rings. The van der Waals surface area contributed by atoms with Crippen LogP contribution in [0.1, 0.15) is 26.7 Å². The number of aliphatic carboxylic acids is 4. The summed E-state index contributed by atoms with van der Waals surface area (Å²) in [5.41, 5.74) is 14.3. The lowest BCUT2D eigenvalue weighted by atomic mass is 10.1. The molecule has 1 aliphatic heterocycles. The van der Waals surface area contributed by atoms with E-state index in [0.717, 1.165) is 19.4 Å². The first-order valence-electron chi connectivity index (χ1n) is 7.68. The maximum absolute atomic E-state index is 10.1. The third-order valence-corrected chi connectivity index (χ3v) is 2.71. The molecule has 0 aromatic carbocycles. The normalized spacial score (nSPS) is 15.8. The van der Waals surface area contributed by atoms with Crippen LogP contribution in [0.15, 0.2) is 0 Å². The fraction of sp³-hybridized carbons (Fsp3) is 0.714. The van der Waals surface area contributed by atoms with Gasteiger partial charge >= 0.3 is 23.9 Å². The lowest BCUT2D eigenvalue weighted by Gasteiger charge is -2.07. The molecule has 12 heteroatoms. The minimum Gasteiger partial charge on any atom is -0.480 e. The standard InChI is InChI=1S/C5H9NO2.C5H11NO2.2C2H5NO2/c7-5(8)4-2-1-3-6-4;1-3(2)4(6)5(7)8;2*3-1-2(4)5/h4,6H,1-3H2,(H,7,8);3-4H,6H2,1-2H3,(H,7,8);2*1,3H2,(H,4,5)/t2*4-;;/m00../s1. The van der Waals surface area contributed by atoms with Gasteiger partial charge in [-0.3, -0.25) is 19.2 Å². The van der Waals surface area contributed by atoms with E-state index < -0.39 is 29.9 Å². The first-order chi connectivity index (χ1) is 11.9. The molecule has 0 spiro atoms. The summed E-state index contributed by atoms with van der Waals surface area (Å²) >= 11 is 0. The quantitative estimate of drug-likeness (QED) is 0.256. The minimum absolute atomic E-state index is 0.0208. The van der Waals surface area contributed by atoms with Gasteiger partial charge in [0.1, 0.15) is 12.1 Å². The first-order valence-corrected chi connectivity index (χ1v) is 7.68. The van der Waals surface area contributed by atoms with Crippen LogP contribution in [0.3, 0.4) is 0 Å². The highest BCUT2D eigenvalue weighted by Gasteiger charge is 2.20. The number of hydrogen-bond donors (Lipinski definition) is 8. The van der Waals surface area contributed by atoms with Gasteiger partial charge in [-0.1, -0.05) is 13.8 Å². The highest BCUT2D eigenvalue weighted by atomic mass is 16.4. The van der Waals surface area contributed by atoms with Gasteiger partial charge in [-0.2, -0.15) is 0 Å². The Bertz CT molecular complexity index is 399. The van der Waals surface area contributed by atoms with Crippen molar-refractivity contribution in [3.63, 3.8) is 0 Å². The van der Waals surface area contributed by atoms with Crippen LogP contribution in [0.25, 0.3) is 0 Å². The van der Waals surface area contributed by atoms with Crippen LogP contribution < -0.4 is 22.5 Å². The molecule has 1 saturated heterocycles. The zero-order valence-corrected chi connectivity index (χ0v) is 14.9. The predicted octanol–water partition coefficient (Wildman–Crippen LogP) is -2.06. The van der Waals surface area contributed by atoms with Crippen LogP contribution in [-0.4, -0.2) is 76.0 Å². The predicted molar refractivity (Wildman–Crippen MR) is 92.5 cm³/mol. The average molecular weight is 382 g/mol. The smallest absolute Gasteiger partial charge is 0.320 e. The Morgan fingerprint density at radius 1 is 1.00 bits per heavy atom. The summed E-state index contributed by atoms with van der Waals surface area (Å²) in [4.78, 5) is 38.6. The number of nitrogens with one attached hydrogen (secondary N) is 1. The van der Waals surface area contributed by atoms with Gasteiger partial charge in [0.15, 0.2) is 0 Å². The van der Waals surface area contributed by atoms with E-state index in [9.17, 15) is 19.2 Å². The summed E-state index contributed by atoms with van der Waals surface area (Å²) in [5.74, 6) is -3.56. The van der Waals surface area contributed by atoms with Crippen molar-refractivity contribution in [2.75, 3.05) is 19.6 Å². The molecular formula is C14H30N4O8. The SMILES string of the molecule is CC(C)[C@H](N)C(=O)O.NCC(=O)O.NCC(=O)O.O=C(O)[C@@H]1CCCN1. The molecule has 0 radical (unpaired) electrons. The number of carbonyl (C=O) groups is 4. The largest absolute Gasteiger partial charge is 0.480 e. The number of carboxylic acids is 4. The lowest BCUT2D eigenvalue weighted by molar-refractivity contribution is -0.140. The van der Waals surface area contributed by atoms with Gasteiger partial charge in [-0.05, 0) is 25.3 Å². The maximum Gasteiger partial charge on any atom is 0.320 e. The minimum atomic E-state index is -0.968. The number of hydrogen-bond acceptors (Lipinski definition) is 8. The Kier molecular flexibility index (Phi) is 19.2. The third kappa shape index (κ3) is 21.7. The van der Waals surface area contributed by atoms with E-state index in [2.05, 4.69) is 16.8 Å². The van der Waals surface area contributed by atoms with E-state index in [-0.39, 0.29) is 25.0 Å². The van der Waals surface area contributed by atoms with E-state index in [4.69, 9.17) is 26.2 Å². The summed E-state index contributed by atoms with van der Waals surface area (Å²) < 4.78 is 0. The molecule has 0 aromatic heterocycles. The number of carboxylic acid groups (broad SMARTS) is 4. The van der Waals surface area contributed by atoms with Gasteiger partial charge in [-0.25, -0.2) is 0 Å². The van der Waals surface area contributed by atoms with Crippen molar-refractivity contribution in [2.24, 2.45) is 23.1 Å². The van der Waals surface area contributed by atoms with Crippen molar-refractivity contribution in [2.45, 2.75) is 38.8 Å². The Hall–Kier alpha value is -2.28. The van der Waals surface area contributed by atoms with Gasteiger partial charge in [0, 0.05) is 0 Å². The second kappa shape index (κ2) is 17.5. The molecule has 26 heavy (non-hydrogen) atoms. The molecule has 154 valence electrons. The van der Waals surface area contributed by atoms with Crippen molar-refractivity contribution in [3.8, 4) is 0 Å². The molecule has 1 heterocycles. The zero-order valence-electron chi connectivity index (χ0n) is 14.9. The van der Waals surface area contributed by atoms with E-state index in [1.807, 2.05) is 0 Å². The molecule has 1 rings (SSSR count). The Balaban J connectivity index is -0.000000279. The summed E-state index contributed by atoms with van der Waals surface area (Å²) in [6, 6.07) is -0.981. The van der Waals surface area contributed by atoms with Crippen LogP contribution in [0.4, 0.5) is 0 Å². The van der Waals surface area contributed by atoms with E-state index >= 15 is 0 Å². The number of rotatable bonds is 5. The highest BCUT2D eigenvalue weighted by Crippen LogP contribution is 2.03. The van der Waals surface area contributed by atoms with Gasteiger partial charge in [0.2, 0.25) is 0 Å². The average Bonchev–Trinajstić information content (AvgIpc) is 3.10. The van der Waals surface area contributed by atoms with Crippen LogP contribution >= 0.6 is 0 Å². The Morgan fingerprint density at radius 3 is 1.46 bits per heavy atom. The van der Waals surface area contributed by atoms with Crippen LogP contribution in [0, 0.1) is 5.92 Å². The molecule has 1 aliphatic rings. The number of nitrogens with two attached hydrogens (primary N) is 3. The van der Waals surface area contributed by atoms with E-state index in [1.54, 1.807) is 13.8 Å². The Labute approximate surface area is 151 Å². The second-order valence-corrected chi connectivity index (χ2v) is 5.29. The van der Waals surface area contributed by atoms with Crippen LogP contribution in [0.5, 0.6) is 0 Å². The van der Waals surface area contributed by atoms with E-state index in [1.165, 1.54) is 0 Å². The van der Waals surface area contributed by atoms with Crippen LogP contribution in [0.2, 0.25) is 0 Å². The molecule has 0 aliphatic carbocycles. The molecule has 12 nitrogen and oxygen atoms in total. The highest BCUT2D eigenvalue weighted by molar-refractivity contribution is 5.73. The van der Waals surface area contributed by atoms with Crippen molar-refractivity contribution in [1.82, 2.24) is 5.32 Å². The second-order valence-electron chi connectivity index (χ2n) is 5.29. The van der Waals surface area contributed by atoms with Crippen molar-refractivity contribution < 1.29 is 39.6 Å². The lowest BCUT2D eigenvalue weighted by Crippen LogP contribution is -2.34. The first kappa shape index (κ1) is 28.5. The summed E-state index contributed by atoms with van der Waals surface area (Å²) in [7, 11) is 0. The van der Waals surface area contributed by atoms with Crippen molar-refractivity contribution >= 4 is 23.9 Å². The fourth-order valence-corrected chi connectivity index (χ4v) is 1.18. The monoisotopic (exact) mass is 382 g/mol. The molecule has 0 amide bonds. The molecular weight excluding hydrogens is 352 g/mol.